The van der Waals surface area contributed by atoms with Crippen LogP contribution in [0.25, 0.3) is 0 Å². The van der Waals surface area contributed by atoms with Gasteiger partial charge in [0.2, 0.25) is 0 Å². The van der Waals surface area contributed by atoms with E-state index in [2.05, 4.69) is 61.2 Å². The van der Waals surface area contributed by atoms with Gasteiger partial charge in [-0.1, -0.05) is 48.5 Å². The van der Waals surface area contributed by atoms with E-state index in [0.717, 1.165) is 49.3 Å². The Labute approximate surface area is 156 Å². The molecule has 2 aliphatic rings. The first-order valence-electron chi connectivity index (χ1n) is 9.61. The minimum Gasteiger partial charge on any atom is -0.378 e. The van der Waals surface area contributed by atoms with Gasteiger partial charge in [-0.25, -0.2) is 0 Å². The quantitative estimate of drug-likeness (QED) is 0.776. The number of ether oxygens (including phenoxy) is 1. The number of hydrogen-bond donors (Lipinski definition) is 0. The maximum Gasteiger partial charge on any atom is 0.166 e. The summed E-state index contributed by atoms with van der Waals surface area (Å²) in [6, 6.07) is 17.4. The summed E-state index contributed by atoms with van der Waals surface area (Å²) in [5, 5.41) is 0. The zero-order chi connectivity index (χ0) is 18.1. The second kappa shape index (κ2) is 7.34. The van der Waals surface area contributed by atoms with E-state index in [1.54, 1.807) is 0 Å². The number of carbonyl (C=O) groups excluding carboxylic acids is 1. The Morgan fingerprint density at radius 1 is 0.962 bits per heavy atom. The summed E-state index contributed by atoms with van der Waals surface area (Å²) in [4.78, 5) is 15.8. The number of morpholine rings is 1. The number of rotatable bonds is 4. The van der Waals surface area contributed by atoms with Crippen LogP contribution in [0.4, 0.5) is 0 Å². The summed E-state index contributed by atoms with van der Waals surface area (Å²) in [5.74, 6) is 0.442. The van der Waals surface area contributed by atoms with E-state index in [-0.39, 0.29) is 5.92 Å². The number of hydrogen-bond acceptors (Lipinski definition) is 3. The Kier molecular flexibility index (Phi) is 4.92. The van der Waals surface area contributed by atoms with Gasteiger partial charge in [0, 0.05) is 30.1 Å². The van der Waals surface area contributed by atoms with Gasteiger partial charge in [-0.15, -0.1) is 0 Å². The third-order valence-electron chi connectivity index (χ3n) is 5.98. The summed E-state index contributed by atoms with van der Waals surface area (Å²) in [5.41, 5.74) is 4.48. The second-order valence-electron chi connectivity index (χ2n) is 7.80. The molecule has 2 bridgehead atoms. The Morgan fingerprint density at radius 3 is 2.19 bits per heavy atom. The molecule has 2 saturated heterocycles. The van der Waals surface area contributed by atoms with E-state index in [1.165, 1.54) is 5.56 Å². The predicted molar refractivity (Wildman–Crippen MR) is 103 cm³/mol. The molecule has 0 amide bonds. The van der Waals surface area contributed by atoms with E-state index in [4.69, 9.17) is 4.74 Å². The van der Waals surface area contributed by atoms with Crippen LogP contribution in [-0.2, 0) is 11.3 Å². The van der Waals surface area contributed by atoms with Gasteiger partial charge >= 0.3 is 0 Å². The Bertz CT molecular complexity index is 752. The zero-order valence-corrected chi connectivity index (χ0v) is 15.7. The smallest absolute Gasteiger partial charge is 0.166 e. The van der Waals surface area contributed by atoms with Crippen molar-refractivity contribution in [2.24, 2.45) is 5.92 Å². The molecule has 26 heavy (non-hydrogen) atoms. The number of Topliss-reactive ketones (excluding diaryl/α,β-unsaturated/α-hetero) is 1. The molecule has 2 heterocycles. The van der Waals surface area contributed by atoms with Crippen molar-refractivity contribution < 1.29 is 9.53 Å². The first-order valence-corrected chi connectivity index (χ1v) is 9.61. The van der Waals surface area contributed by atoms with Crippen molar-refractivity contribution in [3.8, 4) is 0 Å². The molecule has 2 aliphatic heterocycles. The molecule has 0 spiro atoms. The molecule has 3 nitrogen and oxygen atoms in total. The zero-order valence-electron chi connectivity index (χ0n) is 15.7. The lowest BCUT2D eigenvalue weighted by atomic mass is 9.79. The molecular formula is C23H27NO2. The third kappa shape index (κ3) is 3.34. The number of fused-ring (bicyclic) bond motifs is 2. The van der Waals surface area contributed by atoms with Gasteiger partial charge in [-0.2, -0.15) is 0 Å². The maximum atomic E-state index is 13.3. The largest absolute Gasteiger partial charge is 0.378 e. The molecule has 0 aliphatic carbocycles. The highest BCUT2D eigenvalue weighted by Crippen LogP contribution is 2.35. The molecule has 3 heteroatoms. The number of aryl methyl sites for hydroxylation is 2. The molecule has 2 atom stereocenters. The van der Waals surface area contributed by atoms with E-state index in [0.29, 0.717) is 17.9 Å². The lowest BCUT2D eigenvalue weighted by Crippen LogP contribution is -2.57. The minimum absolute atomic E-state index is 0.112. The lowest BCUT2D eigenvalue weighted by molar-refractivity contribution is -0.0872. The van der Waals surface area contributed by atoms with E-state index in [1.807, 2.05) is 6.07 Å². The van der Waals surface area contributed by atoms with Crippen LogP contribution in [0.15, 0.2) is 48.5 Å². The average Bonchev–Trinajstić information content (AvgIpc) is 2.62. The van der Waals surface area contributed by atoms with Crippen molar-refractivity contribution in [1.29, 1.82) is 0 Å². The summed E-state index contributed by atoms with van der Waals surface area (Å²) in [6.07, 6.45) is 1.80. The molecule has 0 radical (unpaired) electrons. The number of benzene rings is 2. The molecule has 4 rings (SSSR count). The Morgan fingerprint density at radius 2 is 1.58 bits per heavy atom. The molecule has 0 saturated carbocycles. The monoisotopic (exact) mass is 349 g/mol. The number of carbonyl (C=O) groups is 1. The molecule has 0 aromatic heterocycles. The molecule has 2 unspecified atom stereocenters. The molecular weight excluding hydrogens is 322 g/mol. The van der Waals surface area contributed by atoms with Crippen LogP contribution < -0.4 is 0 Å². The third-order valence-corrected chi connectivity index (χ3v) is 5.98. The Balaban J connectivity index is 1.53. The van der Waals surface area contributed by atoms with Crippen LogP contribution in [0.5, 0.6) is 0 Å². The molecule has 2 aromatic carbocycles. The normalized spacial score (nSPS) is 25.8. The van der Waals surface area contributed by atoms with Crippen LogP contribution in [0.3, 0.4) is 0 Å². The molecule has 2 fully saturated rings. The van der Waals surface area contributed by atoms with Crippen molar-refractivity contribution >= 4 is 5.78 Å². The van der Waals surface area contributed by atoms with Crippen molar-refractivity contribution in [2.75, 3.05) is 13.2 Å². The number of ketones is 1. The van der Waals surface area contributed by atoms with Crippen molar-refractivity contribution in [1.82, 2.24) is 4.90 Å². The highest BCUT2D eigenvalue weighted by Gasteiger charge is 2.41. The summed E-state index contributed by atoms with van der Waals surface area (Å²) < 4.78 is 5.83. The standard InChI is InChI=1S/C23H27NO2/c1-16-7-6-8-17(2)22(16)23(25)19-11-20-14-26-15-21(12-19)24(20)13-18-9-4-3-5-10-18/h3-10,19-21H,11-15H2,1-2H3. The fourth-order valence-electron chi connectivity index (χ4n) is 4.66. The SMILES string of the molecule is Cc1cccc(C)c1C(=O)C1CC2COCC(C1)N2Cc1ccccc1. The fraction of sp³-hybridized carbons (Fsp3) is 0.435. The van der Waals surface area contributed by atoms with Crippen LogP contribution in [0.1, 0.15) is 39.9 Å². The average molecular weight is 349 g/mol. The Hall–Kier alpha value is -1.97. The highest BCUT2D eigenvalue weighted by atomic mass is 16.5. The van der Waals surface area contributed by atoms with Crippen molar-refractivity contribution in [3.05, 3.63) is 70.8 Å². The highest BCUT2D eigenvalue weighted by molar-refractivity contribution is 6.00. The topological polar surface area (TPSA) is 29.5 Å². The van der Waals surface area contributed by atoms with Crippen LogP contribution in [0, 0.1) is 19.8 Å². The lowest BCUT2D eigenvalue weighted by Gasteiger charge is -2.48. The number of nitrogens with zero attached hydrogens (tertiary/aromatic N) is 1. The van der Waals surface area contributed by atoms with E-state index in [9.17, 15) is 4.79 Å². The number of piperidine rings is 1. The van der Waals surface area contributed by atoms with E-state index < -0.39 is 0 Å². The predicted octanol–water partition coefficient (Wildman–Crippen LogP) is 4.17. The van der Waals surface area contributed by atoms with Crippen LogP contribution in [-0.4, -0.2) is 36.0 Å². The van der Waals surface area contributed by atoms with Gasteiger partial charge in [-0.3, -0.25) is 9.69 Å². The van der Waals surface area contributed by atoms with E-state index >= 15 is 0 Å². The van der Waals surface area contributed by atoms with Crippen molar-refractivity contribution in [2.45, 2.75) is 45.3 Å². The molecule has 2 aromatic rings. The van der Waals surface area contributed by atoms with Gasteiger partial charge in [0.1, 0.15) is 0 Å². The molecule has 136 valence electrons. The van der Waals surface area contributed by atoms with Gasteiger partial charge in [-0.05, 0) is 43.4 Å². The van der Waals surface area contributed by atoms with Crippen molar-refractivity contribution in [3.63, 3.8) is 0 Å². The van der Waals surface area contributed by atoms with Gasteiger partial charge < -0.3 is 4.74 Å². The van der Waals surface area contributed by atoms with Crippen LogP contribution in [0.2, 0.25) is 0 Å². The fourth-order valence-corrected chi connectivity index (χ4v) is 4.66. The summed E-state index contributed by atoms with van der Waals surface area (Å²) >= 11 is 0. The van der Waals surface area contributed by atoms with Gasteiger partial charge in [0.25, 0.3) is 0 Å². The first-order chi connectivity index (χ1) is 12.6. The van der Waals surface area contributed by atoms with Gasteiger partial charge in [0.15, 0.2) is 5.78 Å². The van der Waals surface area contributed by atoms with Crippen LogP contribution >= 0.6 is 0 Å². The summed E-state index contributed by atoms with van der Waals surface area (Å²) in [7, 11) is 0. The van der Waals surface area contributed by atoms with Gasteiger partial charge in [0.05, 0.1) is 13.2 Å². The summed E-state index contributed by atoms with van der Waals surface area (Å²) in [6.45, 7) is 6.52. The first kappa shape index (κ1) is 17.4. The second-order valence-corrected chi connectivity index (χ2v) is 7.80. The molecule has 0 N–H and O–H groups in total. The maximum absolute atomic E-state index is 13.3. The minimum atomic E-state index is 0.112.